The van der Waals surface area contributed by atoms with Crippen LogP contribution in [0.1, 0.15) is 6.42 Å². The van der Waals surface area contributed by atoms with Gasteiger partial charge in [-0.2, -0.15) is 0 Å². The lowest BCUT2D eigenvalue weighted by Gasteiger charge is -2.13. The first-order chi connectivity index (χ1) is 7.97. The molecule has 1 atom stereocenters. The molecule has 0 radical (unpaired) electrons. The average Bonchev–Trinajstić information content (AvgIpc) is 2.26. The molecule has 0 fully saturated rings. The molecule has 5 N–H and O–H groups in total. The van der Waals surface area contributed by atoms with E-state index in [2.05, 4.69) is 16.0 Å². The minimum Gasteiger partial charge on any atom is -0.480 e. The SMILES string of the molecule is CNC(=O)CC(NCCNCC(=O)O)C(=O)O. The van der Waals surface area contributed by atoms with Crippen molar-refractivity contribution in [3.05, 3.63) is 0 Å². The number of aliphatic carboxylic acids is 2. The van der Waals surface area contributed by atoms with E-state index in [-0.39, 0.29) is 25.4 Å². The van der Waals surface area contributed by atoms with Crippen molar-refractivity contribution < 1.29 is 24.6 Å². The summed E-state index contributed by atoms with van der Waals surface area (Å²) in [5.41, 5.74) is 0. The Morgan fingerprint density at radius 2 is 1.82 bits per heavy atom. The van der Waals surface area contributed by atoms with Gasteiger partial charge in [-0.15, -0.1) is 0 Å². The van der Waals surface area contributed by atoms with Gasteiger partial charge in [0.1, 0.15) is 6.04 Å². The van der Waals surface area contributed by atoms with Crippen LogP contribution in [0.3, 0.4) is 0 Å². The van der Waals surface area contributed by atoms with E-state index in [1.54, 1.807) is 0 Å². The molecule has 17 heavy (non-hydrogen) atoms. The third-order valence-corrected chi connectivity index (χ3v) is 1.94. The fraction of sp³-hybridized carbons (Fsp3) is 0.667. The normalized spacial score (nSPS) is 11.8. The van der Waals surface area contributed by atoms with Gasteiger partial charge in [-0.1, -0.05) is 0 Å². The molecular weight excluding hydrogens is 230 g/mol. The van der Waals surface area contributed by atoms with E-state index in [0.717, 1.165) is 0 Å². The summed E-state index contributed by atoms with van der Waals surface area (Å²) in [5, 5.41) is 24.7. The van der Waals surface area contributed by atoms with E-state index >= 15 is 0 Å². The van der Waals surface area contributed by atoms with Gasteiger partial charge in [0.2, 0.25) is 5.91 Å². The number of hydrogen-bond acceptors (Lipinski definition) is 5. The summed E-state index contributed by atoms with van der Waals surface area (Å²) in [4.78, 5) is 31.9. The topological polar surface area (TPSA) is 128 Å². The van der Waals surface area contributed by atoms with E-state index in [4.69, 9.17) is 10.2 Å². The van der Waals surface area contributed by atoms with Crippen LogP contribution in [0.4, 0.5) is 0 Å². The Bertz CT molecular complexity index is 282. The van der Waals surface area contributed by atoms with Gasteiger partial charge in [-0.3, -0.25) is 14.4 Å². The third kappa shape index (κ3) is 8.17. The van der Waals surface area contributed by atoms with Crippen molar-refractivity contribution in [1.29, 1.82) is 0 Å². The van der Waals surface area contributed by atoms with Crippen molar-refractivity contribution in [3.8, 4) is 0 Å². The molecule has 0 aromatic carbocycles. The number of carboxylic acid groups (broad SMARTS) is 2. The molecule has 1 unspecified atom stereocenters. The van der Waals surface area contributed by atoms with Gasteiger partial charge in [0.25, 0.3) is 0 Å². The first-order valence-corrected chi connectivity index (χ1v) is 5.06. The summed E-state index contributed by atoms with van der Waals surface area (Å²) in [7, 11) is 1.43. The highest BCUT2D eigenvalue weighted by Crippen LogP contribution is 1.91. The molecule has 0 aromatic heterocycles. The smallest absolute Gasteiger partial charge is 0.321 e. The van der Waals surface area contributed by atoms with Crippen LogP contribution in [0.5, 0.6) is 0 Å². The lowest BCUT2D eigenvalue weighted by Crippen LogP contribution is -2.43. The van der Waals surface area contributed by atoms with E-state index in [1.807, 2.05) is 0 Å². The fourth-order valence-electron chi connectivity index (χ4n) is 1.06. The molecule has 0 aromatic rings. The van der Waals surface area contributed by atoms with E-state index in [0.29, 0.717) is 6.54 Å². The largest absolute Gasteiger partial charge is 0.480 e. The van der Waals surface area contributed by atoms with E-state index in [9.17, 15) is 14.4 Å². The fourth-order valence-corrected chi connectivity index (χ4v) is 1.06. The summed E-state index contributed by atoms with van der Waals surface area (Å²) in [5.74, 6) is -2.47. The lowest BCUT2D eigenvalue weighted by atomic mass is 10.2. The molecule has 1 amide bonds. The zero-order chi connectivity index (χ0) is 13.3. The molecule has 0 saturated carbocycles. The summed E-state index contributed by atoms with van der Waals surface area (Å²) >= 11 is 0. The average molecular weight is 247 g/mol. The van der Waals surface area contributed by atoms with E-state index < -0.39 is 18.0 Å². The highest BCUT2D eigenvalue weighted by atomic mass is 16.4. The van der Waals surface area contributed by atoms with Crippen LogP contribution in [0, 0.1) is 0 Å². The van der Waals surface area contributed by atoms with Crippen LogP contribution in [0.15, 0.2) is 0 Å². The number of hydrogen-bond donors (Lipinski definition) is 5. The van der Waals surface area contributed by atoms with Crippen LogP contribution in [-0.2, 0) is 14.4 Å². The van der Waals surface area contributed by atoms with Gasteiger partial charge < -0.3 is 26.2 Å². The zero-order valence-electron chi connectivity index (χ0n) is 9.52. The number of amides is 1. The van der Waals surface area contributed by atoms with Gasteiger partial charge in [-0.05, 0) is 0 Å². The summed E-state index contributed by atoms with van der Waals surface area (Å²) in [6.07, 6.45) is -0.162. The Morgan fingerprint density at radius 3 is 2.29 bits per heavy atom. The second-order valence-corrected chi connectivity index (χ2v) is 3.29. The van der Waals surface area contributed by atoms with E-state index in [1.165, 1.54) is 7.05 Å². The Hall–Kier alpha value is -1.67. The molecule has 98 valence electrons. The summed E-state index contributed by atoms with van der Waals surface area (Å²) in [6, 6.07) is -0.971. The quantitative estimate of drug-likeness (QED) is 0.294. The number of carbonyl (C=O) groups is 3. The Balaban J connectivity index is 3.82. The first-order valence-electron chi connectivity index (χ1n) is 5.06. The second-order valence-electron chi connectivity index (χ2n) is 3.29. The number of carboxylic acids is 2. The van der Waals surface area contributed by atoms with Gasteiger partial charge in [-0.25, -0.2) is 0 Å². The molecule has 0 bridgehead atoms. The lowest BCUT2D eigenvalue weighted by molar-refractivity contribution is -0.141. The molecule has 8 heteroatoms. The Labute approximate surface area is 98.4 Å². The number of nitrogens with one attached hydrogen (secondary N) is 3. The predicted molar refractivity (Wildman–Crippen MR) is 58.6 cm³/mol. The molecule has 0 rings (SSSR count). The first kappa shape index (κ1) is 15.3. The van der Waals surface area contributed by atoms with Crippen LogP contribution in [0.2, 0.25) is 0 Å². The highest BCUT2D eigenvalue weighted by Gasteiger charge is 2.19. The minimum atomic E-state index is -1.12. The third-order valence-electron chi connectivity index (χ3n) is 1.94. The summed E-state index contributed by atoms with van der Waals surface area (Å²) in [6.45, 7) is 0.389. The van der Waals surface area contributed by atoms with Gasteiger partial charge in [0.05, 0.1) is 13.0 Å². The number of rotatable bonds is 9. The van der Waals surface area contributed by atoms with Crippen molar-refractivity contribution in [2.24, 2.45) is 0 Å². The van der Waals surface area contributed by atoms with Crippen LogP contribution < -0.4 is 16.0 Å². The molecule has 0 aliphatic heterocycles. The monoisotopic (exact) mass is 247 g/mol. The predicted octanol–water partition coefficient (Wildman–Crippen LogP) is -2.16. The van der Waals surface area contributed by atoms with Crippen LogP contribution in [-0.4, -0.2) is 60.8 Å². The molecule has 0 aliphatic rings. The van der Waals surface area contributed by atoms with Crippen LogP contribution >= 0.6 is 0 Å². The van der Waals surface area contributed by atoms with Gasteiger partial charge >= 0.3 is 11.9 Å². The van der Waals surface area contributed by atoms with Crippen molar-refractivity contribution in [1.82, 2.24) is 16.0 Å². The van der Waals surface area contributed by atoms with Crippen molar-refractivity contribution >= 4 is 17.8 Å². The van der Waals surface area contributed by atoms with Gasteiger partial charge in [0, 0.05) is 20.1 Å². The zero-order valence-corrected chi connectivity index (χ0v) is 9.52. The second kappa shape index (κ2) is 8.48. The Morgan fingerprint density at radius 1 is 1.18 bits per heavy atom. The molecule has 8 nitrogen and oxygen atoms in total. The van der Waals surface area contributed by atoms with Crippen LogP contribution in [0.25, 0.3) is 0 Å². The molecule has 0 saturated heterocycles. The Kier molecular flexibility index (Phi) is 7.65. The maximum Gasteiger partial charge on any atom is 0.321 e. The maximum absolute atomic E-state index is 11.0. The highest BCUT2D eigenvalue weighted by molar-refractivity contribution is 5.84. The minimum absolute atomic E-state index is 0.162. The summed E-state index contributed by atoms with van der Waals surface area (Å²) < 4.78 is 0. The molecule has 0 heterocycles. The number of carbonyl (C=O) groups excluding carboxylic acids is 1. The molecule has 0 spiro atoms. The molecular formula is C9H17N3O5. The van der Waals surface area contributed by atoms with Crippen molar-refractivity contribution in [2.45, 2.75) is 12.5 Å². The standard InChI is InChI=1S/C9H17N3O5/c1-10-7(13)4-6(9(16)17)12-3-2-11-5-8(14)15/h6,11-12H,2-5H2,1H3,(H,10,13)(H,14,15)(H,16,17). The van der Waals surface area contributed by atoms with Gasteiger partial charge in [0.15, 0.2) is 0 Å². The van der Waals surface area contributed by atoms with Crippen molar-refractivity contribution in [3.63, 3.8) is 0 Å². The van der Waals surface area contributed by atoms with Crippen molar-refractivity contribution in [2.75, 3.05) is 26.7 Å². The molecule has 0 aliphatic carbocycles. The maximum atomic E-state index is 11.0.